The van der Waals surface area contributed by atoms with Gasteiger partial charge in [0, 0.05) is 12.8 Å². The molecule has 68 heavy (non-hydrogen) atoms. The molecule has 0 aromatic heterocycles. The van der Waals surface area contributed by atoms with Crippen molar-refractivity contribution in [1.82, 2.24) is 5.32 Å². The number of esters is 1. The standard InChI is InChI=1S/C56H98NO10P/c1-3-5-7-9-11-13-15-17-19-21-23-25-26-28-29-31-33-35-37-39-41-43-45-47-54(59)57-53(56(61)62)51-67-68(63,64)66-50-52(58)49-65-55(60)48-46-44-42-40-38-36-34-32-30-27-24-22-20-18-16-14-12-10-8-6-4-2/h11-14,17-20,23-25,27,52-53,58H,3-10,15-16,21-22,26,28-51H2,1-2H3,(H,57,59)(H,61,62)(H,63,64)/b13-11-,14-12-,19-17-,20-18-,25-23-,27-24-. The van der Waals surface area contributed by atoms with Crippen LogP contribution in [0.4, 0.5) is 0 Å². The summed E-state index contributed by atoms with van der Waals surface area (Å²) in [4.78, 5) is 46.2. The third kappa shape index (κ3) is 49.3. The summed E-state index contributed by atoms with van der Waals surface area (Å²) in [6.07, 6.45) is 62.0. The van der Waals surface area contributed by atoms with E-state index in [1.54, 1.807) is 0 Å². The van der Waals surface area contributed by atoms with Gasteiger partial charge in [0.2, 0.25) is 5.91 Å². The smallest absolute Gasteiger partial charge is 0.472 e. The zero-order valence-electron chi connectivity index (χ0n) is 42.9. The number of phosphoric ester groups is 1. The minimum Gasteiger partial charge on any atom is -0.480 e. The fourth-order valence-corrected chi connectivity index (χ4v) is 8.04. The van der Waals surface area contributed by atoms with Gasteiger partial charge in [0.25, 0.3) is 0 Å². The van der Waals surface area contributed by atoms with Crippen LogP contribution in [0.25, 0.3) is 0 Å². The number of unbranched alkanes of at least 4 members (excludes halogenated alkanes) is 24. The number of hydrogen-bond acceptors (Lipinski definition) is 8. The summed E-state index contributed by atoms with van der Waals surface area (Å²) in [6.45, 7) is 2.55. The van der Waals surface area contributed by atoms with E-state index in [9.17, 15) is 34.1 Å². The summed E-state index contributed by atoms with van der Waals surface area (Å²) in [5.74, 6) is -2.38. The monoisotopic (exact) mass is 976 g/mol. The molecule has 0 aliphatic heterocycles. The van der Waals surface area contributed by atoms with Crippen molar-refractivity contribution in [3.8, 4) is 0 Å². The van der Waals surface area contributed by atoms with Crippen molar-refractivity contribution in [3.63, 3.8) is 0 Å². The van der Waals surface area contributed by atoms with Crippen LogP contribution < -0.4 is 5.32 Å². The van der Waals surface area contributed by atoms with E-state index < -0.39 is 57.6 Å². The van der Waals surface area contributed by atoms with Crippen LogP contribution in [0.15, 0.2) is 72.9 Å². The number of carboxylic acid groups (broad SMARTS) is 1. The van der Waals surface area contributed by atoms with Gasteiger partial charge in [-0.1, -0.05) is 202 Å². The van der Waals surface area contributed by atoms with Crippen molar-refractivity contribution in [1.29, 1.82) is 0 Å². The zero-order valence-corrected chi connectivity index (χ0v) is 43.8. The molecule has 0 bridgehead atoms. The Kier molecular flexibility index (Phi) is 48.0. The largest absolute Gasteiger partial charge is 0.480 e. The molecule has 11 nitrogen and oxygen atoms in total. The molecule has 0 aliphatic rings. The first kappa shape index (κ1) is 64.9. The molecular formula is C56H98NO10P. The number of carboxylic acids is 1. The van der Waals surface area contributed by atoms with E-state index in [0.717, 1.165) is 83.5 Å². The molecule has 3 unspecified atom stereocenters. The number of amides is 1. The average molecular weight is 976 g/mol. The van der Waals surface area contributed by atoms with Gasteiger partial charge in [-0.25, -0.2) is 9.36 Å². The van der Waals surface area contributed by atoms with Gasteiger partial charge in [-0.2, -0.15) is 0 Å². The molecule has 0 radical (unpaired) electrons. The van der Waals surface area contributed by atoms with Crippen molar-refractivity contribution < 1.29 is 47.8 Å². The molecule has 4 N–H and O–H groups in total. The van der Waals surface area contributed by atoms with Gasteiger partial charge in [0.05, 0.1) is 13.2 Å². The number of aliphatic hydroxyl groups is 1. The summed E-state index contributed by atoms with van der Waals surface area (Å²) in [7, 11) is -4.77. The maximum Gasteiger partial charge on any atom is 0.472 e. The maximum absolute atomic E-state index is 12.4. The van der Waals surface area contributed by atoms with Crippen molar-refractivity contribution in [2.75, 3.05) is 19.8 Å². The van der Waals surface area contributed by atoms with E-state index in [2.05, 4.69) is 92.1 Å². The normalized spacial score (nSPS) is 14.1. The molecule has 0 aromatic carbocycles. The first-order valence-corrected chi connectivity index (χ1v) is 28.5. The highest BCUT2D eigenvalue weighted by molar-refractivity contribution is 7.47. The van der Waals surface area contributed by atoms with E-state index in [1.807, 2.05) is 0 Å². The number of aliphatic hydroxyl groups excluding tert-OH is 1. The predicted octanol–water partition coefficient (Wildman–Crippen LogP) is 15.2. The molecule has 0 heterocycles. The van der Waals surface area contributed by atoms with E-state index in [-0.39, 0.29) is 12.8 Å². The lowest BCUT2D eigenvalue weighted by atomic mass is 10.0. The van der Waals surface area contributed by atoms with Gasteiger partial charge in [-0.3, -0.25) is 18.6 Å². The fourth-order valence-electron chi connectivity index (χ4n) is 7.27. The summed E-state index contributed by atoms with van der Waals surface area (Å²) in [5.41, 5.74) is 0. The number of aliphatic carboxylic acids is 1. The number of phosphoric acid groups is 1. The third-order valence-electron chi connectivity index (χ3n) is 11.5. The number of carbonyl (C=O) groups excluding carboxylic acids is 2. The lowest BCUT2D eigenvalue weighted by Crippen LogP contribution is -2.43. The Bertz CT molecular complexity index is 1420. The molecule has 3 atom stereocenters. The number of hydrogen-bond donors (Lipinski definition) is 4. The number of ether oxygens (including phenoxy) is 1. The number of carbonyl (C=O) groups is 3. The van der Waals surface area contributed by atoms with Gasteiger partial charge in [-0.15, -0.1) is 0 Å². The van der Waals surface area contributed by atoms with Crippen LogP contribution in [-0.4, -0.2) is 64.9 Å². The molecule has 12 heteroatoms. The highest BCUT2D eigenvalue weighted by atomic mass is 31.2. The van der Waals surface area contributed by atoms with Crippen LogP contribution in [0, 0.1) is 0 Å². The Labute approximate surface area is 414 Å². The minimum atomic E-state index is -4.77. The van der Waals surface area contributed by atoms with Crippen molar-refractivity contribution >= 4 is 25.7 Å². The van der Waals surface area contributed by atoms with Crippen molar-refractivity contribution in [2.24, 2.45) is 0 Å². The van der Waals surface area contributed by atoms with Gasteiger partial charge < -0.3 is 25.2 Å². The molecule has 1 amide bonds. The number of allylic oxidation sites excluding steroid dienone is 12. The fraction of sp³-hybridized carbons (Fsp3) is 0.732. The van der Waals surface area contributed by atoms with E-state index in [4.69, 9.17) is 13.8 Å². The highest BCUT2D eigenvalue weighted by Crippen LogP contribution is 2.43. The third-order valence-corrected chi connectivity index (χ3v) is 12.4. The first-order valence-electron chi connectivity index (χ1n) is 27.0. The maximum atomic E-state index is 12.4. The summed E-state index contributed by atoms with van der Waals surface area (Å²) < 4.78 is 27.0. The van der Waals surface area contributed by atoms with Crippen LogP contribution in [-0.2, 0) is 32.7 Å². The molecule has 0 aromatic rings. The van der Waals surface area contributed by atoms with Gasteiger partial charge in [-0.05, 0) is 89.9 Å². The lowest BCUT2D eigenvalue weighted by Gasteiger charge is -2.18. The topological polar surface area (TPSA) is 169 Å². The Balaban J connectivity index is 3.84. The Morgan fingerprint density at radius 3 is 1.21 bits per heavy atom. The summed E-state index contributed by atoms with van der Waals surface area (Å²) in [5, 5.41) is 22.0. The molecule has 0 fully saturated rings. The molecule has 0 rings (SSSR count). The van der Waals surface area contributed by atoms with Crippen LogP contribution in [0.2, 0.25) is 0 Å². The molecule has 0 saturated carbocycles. The van der Waals surface area contributed by atoms with Crippen LogP contribution >= 0.6 is 7.82 Å². The van der Waals surface area contributed by atoms with Crippen molar-refractivity contribution in [2.45, 2.75) is 244 Å². The lowest BCUT2D eigenvalue weighted by molar-refractivity contribution is -0.147. The highest BCUT2D eigenvalue weighted by Gasteiger charge is 2.28. The quantitative estimate of drug-likeness (QED) is 0.0199. The van der Waals surface area contributed by atoms with Gasteiger partial charge in [0.15, 0.2) is 6.04 Å². The second-order valence-electron chi connectivity index (χ2n) is 18.1. The summed E-state index contributed by atoms with van der Waals surface area (Å²) >= 11 is 0. The second-order valence-corrected chi connectivity index (χ2v) is 19.5. The van der Waals surface area contributed by atoms with E-state index in [1.165, 1.54) is 109 Å². The molecule has 0 spiro atoms. The number of rotatable bonds is 50. The molecule has 0 aliphatic carbocycles. The SMILES string of the molecule is CCCCC/C=C\C/C=C\C/C=C\CCCCCCCCCCCCC(=O)NC(COP(=O)(O)OCC(O)COC(=O)CCCCCCCCCC/C=C\C/C=C\C/C=C\CCCCC)C(=O)O. The molecule has 0 saturated heterocycles. The van der Waals surface area contributed by atoms with E-state index in [0.29, 0.717) is 12.8 Å². The first-order chi connectivity index (χ1) is 33.1. The predicted molar refractivity (Wildman–Crippen MR) is 281 cm³/mol. The molecular weight excluding hydrogens is 878 g/mol. The zero-order chi connectivity index (χ0) is 49.9. The van der Waals surface area contributed by atoms with Crippen molar-refractivity contribution in [3.05, 3.63) is 72.9 Å². The van der Waals surface area contributed by atoms with Gasteiger partial charge >= 0.3 is 19.8 Å². The second kappa shape index (κ2) is 50.3. The van der Waals surface area contributed by atoms with Crippen LogP contribution in [0.3, 0.4) is 0 Å². The molecule has 392 valence electrons. The van der Waals surface area contributed by atoms with E-state index >= 15 is 0 Å². The summed E-state index contributed by atoms with van der Waals surface area (Å²) in [6, 6.07) is -1.55. The Hall–Kier alpha value is -3.08. The average Bonchev–Trinajstić information content (AvgIpc) is 3.32. The minimum absolute atomic E-state index is 0.138. The Morgan fingerprint density at radius 2 is 0.809 bits per heavy atom. The van der Waals surface area contributed by atoms with Gasteiger partial charge in [0.1, 0.15) is 12.7 Å². The Morgan fingerprint density at radius 1 is 0.471 bits per heavy atom. The van der Waals surface area contributed by atoms with Crippen LogP contribution in [0.5, 0.6) is 0 Å². The number of nitrogens with one attached hydrogen (secondary N) is 1. The van der Waals surface area contributed by atoms with Crippen LogP contribution in [0.1, 0.15) is 232 Å².